The van der Waals surface area contributed by atoms with Crippen LogP contribution in [0, 0.1) is 0 Å². The molecule has 2 aromatic rings. The summed E-state index contributed by atoms with van der Waals surface area (Å²) >= 11 is 0. The van der Waals surface area contributed by atoms with Crippen molar-refractivity contribution in [1.29, 1.82) is 0 Å². The van der Waals surface area contributed by atoms with Gasteiger partial charge in [0.05, 0.1) is 18.4 Å². The molecule has 0 saturated carbocycles. The number of amidine groups is 1. The van der Waals surface area contributed by atoms with Crippen LogP contribution < -0.4 is 20.5 Å². The number of alkyl halides is 3. The number of nitrogen functional groups attached to an aromatic ring is 1. The van der Waals surface area contributed by atoms with E-state index in [0.29, 0.717) is 17.3 Å². The molecule has 7 nitrogen and oxygen atoms in total. The van der Waals surface area contributed by atoms with E-state index in [9.17, 15) is 18.0 Å². The topological polar surface area (TPSA) is 98.3 Å². The van der Waals surface area contributed by atoms with Gasteiger partial charge in [-0.05, 0) is 29.8 Å². The molecule has 1 fully saturated rings. The fraction of sp³-hybridized carbons (Fsp3) is 0.286. The van der Waals surface area contributed by atoms with Gasteiger partial charge in [-0.25, -0.2) is 4.99 Å². The van der Waals surface area contributed by atoms with E-state index in [-0.39, 0.29) is 48.5 Å². The average Bonchev–Trinajstić information content (AvgIpc) is 3.19. The number of benzene rings is 2. The molecule has 2 heterocycles. The molecule has 1 atom stereocenters. The number of hydrogen-bond donors (Lipinski definition) is 2. The maximum atomic E-state index is 13.3. The van der Waals surface area contributed by atoms with Crippen molar-refractivity contribution in [2.24, 2.45) is 9.98 Å². The molecular weight excluding hydrogens is 413 g/mol. The van der Waals surface area contributed by atoms with Gasteiger partial charge in [-0.15, -0.1) is 0 Å². The first-order valence-electron chi connectivity index (χ1n) is 9.41. The largest absolute Gasteiger partial charge is 0.493 e. The lowest BCUT2D eigenvalue weighted by molar-refractivity contribution is -0.138. The van der Waals surface area contributed by atoms with Crippen LogP contribution in [0.3, 0.4) is 0 Å². The Morgan fingerprint density at radius 3 is 2.71 bits per heavy atom. The first-order chi connectivity index (χ1) is 14.8. The molecule has 2 aliphatic rings. The number of ether oxygens (including phenoxy) is 2. The number of aliphatic imine (C=N–C) groups is 2. The third-order valence-electron chi connectivity index (χ3n) is 5.10. The number of nitrogens with zero attached hydrogens (tertiary/aromatic N) is 2. The van der Waals surface area contributed by atoms with E-state index in [0.717, 1.165) is 11.6 Å². The molecule has 0 spiro atoms. The molecular formula is C21H19F3N4O3. The summed E-state index contributed by atoms with van der Waals surface area (Å²) in [7, 11) is 1.43. The molecule has 4 rings (SSSR count). The second-order valence-electron chi connectivity index (χ2n) is 7.11. The van der Waals surface area contributed by atoms with Gasteiger partial charge in [-0.3, -0.25) is 9.79 Å². The SMILES string of the molecule is COc1cc(C2CC(=O)NC3=NCN=C32)ccc1OCc1ccc(N)cc1C(F)(F)F. The number of hydrogen-bond acceptors (Lipinski definition) is 6. The Morgan fingerprint density at radius 1 is 1.16 bits per heavy atom. The summed E-state index contributed by atoms with van der Waals surface area (Å²) in [5, 5.41) is 2.70. The highest BCUT2D eigenvalue weighted by molar-refractivity contribution is 6.48. The van der Waals surface area contributed by atoms with Crippen molar-refractivity contribution < 1.29 is 27.4 Å². The van der Waals surface area contributed by atoms with Gasteiger partial charge < -0.3 is 20.5 Å². The van der Waals surface area contributed by atoms with Crippen LogP contribution >= 0.6 is 0 Å². The average molecular weight is 432 g/mol. The maximum Gasteiger partial charge on any atom is 0.416 e. The van der Waals surface area contributed by atoms with Gasteiger partial charge in [0.15, 0.2) is 17.3 Å². The molecule has 2 aliphatic heterocycles. The van der Waals surface area contributed by atoms with E-state index in [2.05, 4.69) is 15.3 Å². The highest BCUT2D eigenvalue weighted by atomic mass is 19.4. The van der Waals surface area contributed by atoms with Gasteiger partial charge in [0, 0.05) is 23.6 Å². The number of rotatable bonds is 5. The van der Waals surface area contributed by atoms with Crippen LogP contribution in [0.2, 0.25) is 0 Å². The number of methoxy groups -OCH3 is 1. The van der Waals surface area contributed by atoms with Crippen molar-refractivity contribution >= 4 is 23.1 Å². The van der Waals surface area contributed by atoms with Gasteiger partial charge in [0.2, 0.25) is 5.91 Å². The van der Waals surface area contributed by atoms with E-state index in [1.807, 2.05) is 0 Å². The number of anilines is 1. The minimum absolute atomic E-state index is 0.0206. The number of fused-ring (bicyclic) bond motifs is 1. The van der Waals surface area contributed by atoms with Crippen LogP contribution in [0.1, 0.15) is 29.0 Å². The fourth-order valence-corrected chi connectivity index (χ4v) is 3.62. The summed E-state index contributed by atoms with van der Waals surface area (Å²) in [5.41, 5.74) is 6.11. The number of amides is 1. The molecule has 1 unspecified atom stereocenters. The van der Waals surface area contributed by atoms with Gasteiger partial charge in [-0.2, -0.15) is 13.2 Å². The third-order valence-corrected chi connectivity index (χ3v) is 5.10. The maximum absolute atomic E-state index is 13.3. The van der Waals surface area contributed by atoms with Crippen molar-refractivity contribution in [2.45, 2.75) is 25.1 Å². The van der Waals surface area contributed by atoms with E-state index in [4.69, 9.17) is 15.2 Å². The lowest BCUT2D eigenvalue weighted by Gasteiger charge is -2.24. The minimum atomic E-state index is -4.55. The number of piperidine rings is 1. The first kappa shape index (κ1) is 20.7. The minimum Gasteiger partial charge on any atom is -0.493 e. The van der Waals surface area contributed by atoms with Gasteiger partial charge in [0.1, 0.15) is 13.3 Å². The summed E-state index contributed by atoms with van der Waals surface area (Å²) < 4.78 is 50.9. The second-order valence-corrected chi connectivity index (χ2v) is 7.11. The summed E-state index contributed by atoms with van der Waals surface area (Å²) in [6.07, 6.45) is -4.34. The van der Waals surface area contributed by atoms with Gasteiger partial charge >= 0.3 is 6.18 Å². The molecule has 10 heteroatoms. The fourth-order valence-electron chi connectivity index (χ4n) is 3.62. The molecule has 3 N–H and O–H groups in total. The molecule has 1 amide bonds. The summed E-state index contributed by atoms with van der Waals surface area (Å²) in [4.78, 5) is 20.5. The van der Waals surface area contributed by atoms with Crippen molar-refractivity contribution in [1.82, 2.24) is 5.32 Å². The molecule has 162 valence electrons. The normalized spacial score (nSPS) is 18.1. The van der Waals surface area contributed by atoms with Crippen molar-refractivity contribution in [3.05, 3.63) is 53.1 Å². The lowest BCUT2D eigenvalue weighted by Crippen LogP contribution is -2.44. The zero-order valence-corrected chi connectivity index (χ0v) is 16.5. The van der Waals surface area contributed by atoms with Crippen LogP contribution in [-0.4, -0.2) is 31.2 Å². The molecule has 2 aromatic carbocycles. The summed E-state index contributed by atoms with van der Waals surface area (Å²) in [6, 6.07) is 8.62. The predicted molar refractivity (Wildman–Crippen MR) is 108 cm³/mol. The Labute approximate surface area is 175 Å². The van der Waals surface area contributed by atoms with E-state index in [1.54, 1.807) is 18.2 Å². The number of carbonyl (C=O) groups is 1. The van der Waals surface area contributed by atoms with Crippen LogP contribution in [0.5, 0.6) is 11.5 Å². The molecule has 0 aromatic heterocycles. The van der Waals surface area contributed by atoms with Crippen LogP contribution in [0.4, 0.5) is 18.9 Å². The van der Waals surface area contributed by atoms with E-state index < -0.39 is 11.7 Å². The Morgan fingerprint density at radius 2 is 1.97 bits per heavy atom. The van der Waals surface area contributed by atoms with Gasteiger partial charge in [-0.1, -0.05) is 12.1 Å². The van der Waals surface area contributed by atoms with Crippen LogP contribution in [0.25, 0.3) is 0 Å². The predicted octanol–water partition coefficient (Wildman–Crippen LogP) is 3.29. The lowest BCUT2D eigenvalue weighted by atomic mass is 9.87. The monoisotopic (exact) mass is 432 g/mol. The number of halogens is 3. The smallest absolute Gasteiger partial charge is 0.416 e. The van der Waals surface area contributed by atoms with E-state index in [1.165, 1.54) is 19.2 Å². The summed E-state index contributed by atoms with van der Waals surface area (Å²) in [5.74, 6) is 0.644. The Kier molecular flexibility index (Phi) is 5.30. The van der Waals surface area contributed by atoms with E-state index >= 15 is 0 Å². The molecule has 0 radical (unpaired) electrons. The molecule has 31 heavy (non-hydrogen) atoms. The molecule has 1 saturated heterocycles. The first-order valence-corrected chi connectivity index (χ1v) is 9.41. The van der Waals surface area contributed by atoms with Crippen molar-refractivity contribution in [2.75, 3.05) is 19.5 Å². The zero-order chi connectivity index (χ0) is 22.2. The van der Waals surface area contributed by atoms with Crippen LogP contribution in [-0.2, 0) is 17.6 Å². The second kappa shape index (κ2) is 7.93. The van der Waals surface area contributed by atoms with Crippen molar-refractivity contribution in [3.8, 4) is 11.5 Å². The Bertz CT molecular complexity index is 1100. The molecule has 0 aliphatic carbocycles. The third kappa shape index (κ3) is 4.18. The van der Waals surface area contributed by atoms with Gasteiger partial charge in [0.25, 0.3) is 0 Å². The highest BCUT2D eigenvalue weighted by Gasteiger charge is 2.35. The van der Waals surface area contributed by atoms with Crippen molar-refractivity contribution in [3.63, 3.8) is 0 Å². The standard InChI is InChI=1S/C21H19F3N4O3/c1-30-17-6-11(14-8-18(29)28-20-19(14)26-10-27-20)3-5-16(17)31-9-12-2-4-13(25)7-15(12)21(22,23)24/h2-7,14H,8-10,25H2,1H3,(H,27,28,29). The number of nitrogens with one attached hydrogen (secondary N) is 1. The zero-order valence-electron chi connectivity index (χ0n) is 16.5. The number of carbonyl (C=O) groups excluding carboxylic acids is 1. The van der Waals surface area contributed by atoms with Crippen LogP contribution in [0.15, 0.2) is 46.4 Å². The number of nitrogens with two attached hydrogens (primary N) is 1. The Hall–Kier alpha value is -3.56. The highest BCUT2D eigenvalue weighted by Crippen LogP contribution is 2.37. The molecule has 0 bridgehead atoms. The quantitative estimate of drug-likeness (QED) is 0.709. The summed E-state index contributed by atoms with van der Waals surface area (Å²) in [6.45, 7) is -0.0525. The Balaban J connectivity index is 1.58.